The molecule has 1 rings (SSSR count). The minimum Gasteiger partial charge on any atom is -0.325 e. The van der Waals surface area contributed by atoms with Crippen LogP contribution in [0.15, 0.2) is 18.2 Å². The number of halogens is 2. The summed E-state index contributed by atoms with van der Waals surface area (Å²) in [4.78, 5) is 10.8. The van der Waals surface area contributed by atoms with E-state index in [9.17, 15) is 9.18 Å². The number of carbonyl (C=O) groups excluding carboxylic acids is 1. The largest absolute Gasteiger partial charge is 0.325 e. The molecule has 13 heavy (non-hydrogen) atoms. The number of amides is 1. The summed E-state index contributed by atoms with van der Waals surface area (Å²) in [6.45, 7) is 0. The van der Waals surface area contributed by atoms with E-state index in [1.165, 1.54) is 12.1 Å². The summed E-state index contributed by atoms with van der Waals surface area (Å²) in [6.07, 6.45) is 0. The van der Waals surface area contributed by atoms with Crippen LogP contribution in [0.5, 0.6) is 0 Å². The van der Waals surface area contributed by atoms with Crippen LogP contribution in [0.3, 0.4) is 0 Å². The summed E-state index contributed by atoms with van der Waals surface area (Å²) < 4.78 is 12.8. The molecule has 1 aromatic carbocycles. The van der Waals surface area contributed by atoms with Gasteiger partial charge in [-0.05, 0) is 18.2 Å². The van der Waals surface area contributed by atoms with Crippen molar-refractivity contribution in [2.75, 3.05) is 11.1 Å². The zero-order valence-electron chi connectivity index (χ0n) is 6.55. The Bertz CT molecular complexity index is 332. The molecular formula is C8H7ClFNOS. The third-order valence-electron chi connectivity index (χ3n) is 1.35. The zero-order valence-corrected chi connectivity index (χ0v) is 8.20. The van der Waals surface area contributed by atoms with Crippen LogP contribution in [0.25, 0.3) is 0 Å². The van der Waals surface area contributed by atoms with Gasteiger partial charge in [-0.25, -0.2) is 4.39 Å². The number of benzene rings is 1. The summed E-state index contributed by atoms with van der Waals surface area (Å²) in [7, 11) is 0. The Kier molecular flexibility index (Phi) is 3.57. The normalized spacial score (nSPS) is 9.77. The second kappa shape index (κ2) is 4.48. The highest BCUT2D eigenvalue weighted by Crippen LogP contribution is 2.18. The lowest BCUT2D eigenvalue weighted by Crippen LogP contribution is -2.12. The molecule has 0 aliphatic carbocycles. The van der Waals surface area contributed by atoms with Crippen molar-refractivity contribution in [1.82, 2.24) is 0 Å². The predicted molar refractivity (Wildman–Crippen MR) is 53.9 cm³/mol. The van der Waals surface area contributed by atoms with Gasteiger partial charge in [-0.15, -0.1) is 0 Å². The molecule has 0 saturated carbocycles. The van der Waals surface area contributed by atoms with Crippen LogP contribution in [0.1, 0.15) is 0 Å². The first-order chi connectivity index (χ1) is 6.13. The molecule has 70 valence electrons. The molecule has 0 spiro atoms. The van der Waals surface area contributed by atoms with Crippen LogP contribution in [0.2, 0.25) is 5.02 Å². The van der Waals surface area contributed by atoms with Gasteiger partial charge in [0.25, 0.3) is 0 Å². The number of anilines is 1. The molecule has 0 aromatic heterocycles. The molecule has 0 bridgehead atoms. The molecule has 1 aromatic rings. The SMILES string of the molecule is O=C(CS)Nc1ccc(Cl)c(F)c1. The maximum atomic E-state index is 12.8. The van der Waals surface area contributed by atoms with E-state index >= 15 is 0 Å². The van der Waals surface area contributed by atoms with Crippen molar-refractivity contribution in [2.24, 2.45) is 0 Å². The quantitative estimate of drug-likeness (QED) is 0.735. The summed E-state index contributed by atoms with van der Waals surface area (Å²) in [5.74, 6) is -0.784. The van der Waals surface area contributed by atoms with Gasteiger partial charge in [0.05, 0.1) is 10.8 Å². The van der Waals surface area contributed by atoms with Gasteiger partial charge in [0, 0.05) is 5.69 Å². The third-order valence-corrected chi connectivity index (χ3v) is 1.94. The van der Waals surface area contributed by atoms with Gasteiger partial charge in [0.15, 0.2) is 0 Å². The zero-order chi connectivity index (χ0) is 9.84. The Balaban J connectivity index is 2.79. The maximum absolute atomic E-state index is 12.8. The highest BCUT2D eigenvalue weighted by molar-refractivity contribution is 7.81. The van der Waals surface area contributed by atoms with E-state index in [1.54, 1.807) is 0 Å². The average Bonchev–Trinajstić information content (AvgIpc) is 2.11. The van der Waals surface area contributed by atoms with Crippen molar-refractivity contribution in [3.8, 4) is 0 Å². The first kappa shape index (κ1) is 10.3. The smallest absolute Gasteiger partial charge is 0.234 e. The van der Waals surface area contributed by atoms with E-state index in [0.29, 0.717) is 5.69 Å². The number of hydrogen-bond donors (Lipinski definition) is 2. The highest BCUT2D eigenvalue weighted by atomic mass is 35.5. The van der Waals surface area contributed by atoms with E-state index in [1.807, 2.05) is 0 Å². The molecule has 0 aliphatic rings. The van der Waals surface area contributed by atoms with Gasteiger partial charge < -0.3 is 5.32 Å². The molecular weight excluding hydrogens is 213 g/mol. The molecule has 0 unspecified atom stereocenters. The molecule has 2 nitrogen and oxygen atoms in total. The number of nitrogens with one attached hydrogen (secondary N) is 1. The molecule has 0 aliphatic heterocycles. The first-order valence-electron chi connectivity index (χ1n) is 3.49. The van der Waals surface area contributed by atoms with E-state index in [2.05, 4.69) is 17.9 Å². The molecule has 1 N–H and O–H groups in total. The van der Waals surface area contributed by atoms with Crippen LogP contribution in [0.4, 0.5) is 10.1 Å². The van der Waals surface area contributed by atoms with Crippen LogP contribution < -0.4 is 5.32 Å². The summed E-state index contributed by atoms with van der Waals surface area (Å²) in [6, 6.07) is 4.06. The molecule has 0 heterocycles. The first-order valence-corrected chi connectivity index (χ1v) is 4.50. The second-order valence-electron chi connectivity index (χ2n) is 2.34. The van der Waals surface area contributed by atoms with Gasteiger partial charge >= 0.3 is 0 Å². The number of rotatable bonds is 2. The van der Waals surface area contributed by atoms with Gasteiger partial charge in [0.1, 0.15) is 5.82 Å². The lowest BCUT2D eigenvalue weighted by atomic mass is 10.3. The van der Waals surface area contributed by atoms with E-state index < -0.39 is 5.82 Å². The van der Waals surface area contributed by atoms with E-state index in [-0.39, 0.29) is 16.7 Å². The highest BCUT2D eigenvalue weighted by Gasteiger charge is 2.03. The minimum absolute atomic E-state index is 0.0314. The molecule has 1 amide bonds. The Hall–Kier alpha value is -0.740. The fraction of sp³-hybridized carbons (Fsp3) is 0.125. The van der Waals surface area contributed by atoms with Crippen LogP contribution >= 0.6 is 24.2 Å². The molecule has 0 saturated heterocycles. The number of thiol groups is 1. The van der Waals surface area contributed by atoms with Crippen LogP contribution in [-0.4, -0.2) is 11.7 Å². The predicted octanol–water partition coefficient (Wildman–Crippen LogP) is 2.35. The van der Waals surface area contributed by atoms with Gasteiger partial charge in [-0.3, -0.25) is 4.79 Å². The lowest BCUT2D eigenvalue weighted by Gasteiger charge is -2.03. The molecule has 0 radical (unpaired) electrons. The fourth-order valence-electron chi connectivity index (χ4n) is 0.774. The summed E-state index contributed by atoms with van der Waals surface area (Å²) in [5.41, 5.74) is 0.376. The molecule has 5 heteroatoms. The standard InChI is InChI=1S/C8H7ClFNOS/c9-6-2-1-5(3-7(6)10)11-8(12)4-13/h1-3,13H,4H2,(H,11,12). The van der Waals surface area contributed by atoms with Crippen molar-refractivity contribution < 1.29 is 9.18 Å². The van der Waals surface area contributed by atoms with E-state index in [4.69, 9.17) is 11.6 Å². The average molecular weight is 220 g/mol. The van der Waals surface area contributed by atoms with Crippen molar-refractivity contribution in [3.05, 3.63) is 29.0 Å². The fourth-order valence-corrected chi connectivity index (χ4v) is 0.971. The molecule has 0 atom stereocenters. The number of carbonyl (C=O) groups is 1. The lowest BCUT2D eigenvalue weighted by molar-refractivity contribution is -0.113. The monoisotopic (exact) mass is 219 g/mol. The molecule has 0 fully saturated rings. The minimum atomic E-state index is -0.557. The topological polar surface area (TPSA) is 29.1 Å². The van der Waals surface area contributed by atoms with Crippen LogP contribution in [-0.2, 0) is 4.79 Å². The Morgan fingerprint density at radius 3 is 2.85 bits per heavy atom. The van der Waals surface area contributed by atoms with Crippen molar-refractivity contribution in [2.45, 2.75) is 0 Å². The van der Waals surface area contributed by atoms with Gasteiger partial charge in [0.2, 0.25) is 5.91 Å². The second-order valence-corrected chi connectivity index (χ2v) is 3.06. The van der Waals surface area contributed by atoms with Crippen molar-refractivity contribution >= 4 is 35.8 Å². The van der Waals surface area contributed by atoms with Crippen molar-refractivity contribution in [3.63, 3.8) is 0 Å². The van der Waals surface area contributed by atoms with Gasteiger partial charge in [-0.1, -0.05) is 11.6 Å². The summed E-state index contributed by atoms with van der Waals surface area (Å²) in [5, 5.41) is 2.48. The Morgan fingerprint density at radius 2 is 2.31 bits per heavy atom. The van der Waals surface area contributed by atoms with Gasteiger partial charge in [-0.2, -0.15) is 12.6 Å². The Morgan fingerprint density at radius 1 is 1.62 bits per heavy atom. The maximum Gasteiger partial charge on any atom is 0.234 e. The van der Waals surface area contributed by atoms with Crippen LogP contribution in [0, 0.1) is 5.82 Å². The number of hydrogen-bond acceptors (Lipinski definition) is 2. The summed E-state index contributed by atoms with van der Waals surface area (Å²) >= 11 is 9.21. The third kappa shape index (κ3) is 2.90. The van der Waals surface area contributed by atoms with Crippen molar-refractivity contribution in [1.29, 1.82) is 0 Å². The van der Waals surface area contributed by atoms with E-state index in [0.717, 1.165) is 6.07 Å². The Labute approximate surface area is 85.5 Å².